The van der Waals surface area contributed by atoms with Crippen molar-refractivity contribution in [1.29, 1.82) is 0 Å². The number of carboxylic acid groups (broad SMARTS) is 1. The number of aliphatic hydroxyl groups is 1. The van der Waals surface area contributed by atoms with Gasteiger partial charge in [-0.05, 0) is 43.4 Å². The summed E-state index contributed by atoms with van der Waals surface area (Å²) in [5, 5.41) is 18.6. The summed E-state index contributed by atoms with van der Waals surface area (Å²) >= 11 is 0. The number of aliphatic hydroxyl groups excluding tert-OH is 1. The first-order valence-corrected chi connectivity index (χ1v) is 9.80. The van der Waals surface area contributed by atoms with E-state index >= 15 is 0 Å². The molecule has 2 N–H and O–H groups in total. The van der Waals surface area contributed by atoms with Gasteiger partial charge < -0.3 is 19.8 Å². The largest absolute Gasteiger partial charge is 0.512 e. The second kappa shape index (κ2) is 11.0. The number of alkyl halides is 3. The molecule has 0 saturated carbocycles. The number of hydrogen-bond donors (Lipinski definition) is 2. The minimum atomic E-state index is -4.43. The number of aliphatic carboxylic acids is 1. The third-order valence-corrected chi connectivity index (χ3v) is 4.88. The number of unbranched alkanes of at least 4 members (excludes halogenated alkanes) is 1. The van der Waals surface area contributed by atoms with E-state index in [1.54, 1.807) is 11.0 Å². The number of likely N-dealkylation sites (tertiary alicyclic amines) is 1. The molecule has 0 bridgehead atoms. The lowest BCUT2D eigenvalue weighted by atomic mass is 10.0. The molecule has 1 aliphatic heterocycles. The third kappa shape index (κ3) is 7.70. The molecule has 1 aromatic rings. The fourth-order valence-electron chi connectivity index (χ4n) is 3.40. The number of nitrogens with zero attached hydrogens (tertiary/aromatic N) is 1. The van der Waals surface area contributed by atoms with Gasteiger partial charge >= 0.3 is 12.1 Å². The Morgan fingerprint density at radius 2 is 2.03 bits per heavy atom. The highest BCUT2D eigenvalue weighted by atomic mass is 19.4. The van der Waals surface area contributed by atoms with Crippen LogP contribution in [0.25, 0.3) is 0 Å². The summed E-state index contributed by atoms with van der Waals surface area (Å²) in [4.78, 5) is 24.2. The maximum absolute atomic E-state index is 12.8. The molecule has 6 nitrogen and oxygen atoms in total. The smallest absolute Gasteiger partial charge is 0.416 e. The zero-order valence-corrected chi connectivity index (χ0v) is 16.5. The number of carboxylic acids is 1. The van der Waals surface area contributed by atoms with Crippen LogP contribution in [0.2, 0.25) is 0 Å². The van der Waals surface area contributed by atoms with Gasteiger partial charge in [-0.2, -0.15) is 13.2 Å². The van der Waals surface area contributed by atoms with E-state index in [1.165, 1.54) is 12.1 Å². The highest BCUT2D eigenvalue weighted by Gasteiger charge is 2.31. The van der Waals surface area contributed by atoms with Crippen molar-refractivity contribution < 1.29 is 37.7 Å². The van der Waals surface area contributed by atoms with E-state index in [0.717, 1.165) is 12.1 Å². The summed E-state index contributed by atoms with van der Waals surface area (Å²) in [6.45, 7) is 0.472. The van der Waals surface area contributed by atoms with Crippen LogP contribution in [0.3, 0.4) is 0 Å². The molecule has 0 aliphatic carbocycles. The molecule has 1 aliphatic rings. The Bertz CT molecular complexity index is 763. The van der Waals surface area contributed by atoms with Crippen molar-refractivity contribution in [2.45, 2.75) is 50.7 Å². The average Bonchev–Trinajstić information content (AvgIpc) is 3.02. The first-order valence-electron chi connectivity index (χ1n) is 9.80. The Labute approximate surface area is 172 Å². The molecule has 0 spiro atoms. The normalized spacial score (nSPS) is 17.6. The summed E-state index contributed by atoms with van der Waals surface area (Å²) in [5.41, 5.74) is -0.396. The summed E-state index contributed by atoms with van der Waals surface area (Å²) in [6, 6.07) is 4.77. The maximum Gasteiger partial charge on any atom is 0.416 e. The molecule has 9 heteroatoms. The van der Waals surface area contributed by atoms with Crippen molar-refractivity contribution in [2.24, 2.45) is 0 Å². The van der Waals surface area contributed by atoms with Gasteiger partial charge in [0.05, 0.1) is 11.3 Å². The van der Waals surface area contributed by atoms with Crippen LogP contribution in [0.15, 0.2) is 36.1 Å². The first kappa shape index (κ1) is 23.7. The van der Waals surface area contributed by atoms with Crippen molar-refractivity contribution in [3.63, 3.8) is 0 Å². The van der Waals surface area contributed by atoms with Crippen LogP contribution in [0.5, 0.6) is 0 Å². The molecular weight excluding hydrogens is 403 g/mol. The van der Waals surface area contributed by atoms with E-state index in [-0.39, 0.29) is 30.7 Å². The summed E-state index contributed by atoms with van der Waals surface area (Å²) in [6.07, 6.45) is -0.0882. The van der Waals surface area contributed by atoms with E-state index in [1.807, 2.05) is 0 Å². The SMILES string of the molecule is O=C(O)COCCCCN1C(=O)CC[C@@H]1C/C=C(\O)Cc1cccc(C(F)(F)F)c1. The Morgan fingerprint density at radius 3 is 2.73 bits per heavy atom. The van der Waals surface area contributed by atoms with E-state index < -0.39 is 17.7 Å². The third-order valence-electron chi connectivity index (χ3n) is 4.88. The van der Waals surface area contributed by atoms with Gasteiger partial charge in [0.25, 0.3) is 0 Å². The maximum atomic E-state index is 12.8. The highest BCUT2D eigenvalue weighted by molar-refractivity contribution is 5.78. The highest BCUT2D eigenvalue weighted by Crippen LogP contribution is 2.30. The zero-order chi connectivity index (χ0) is 22.1. The Balaban J connectivity index is 1.83. The van der Waals surface area contributed by atoms with Crippen LogP contribution in [-0.2, 0) is 26.9 Å². The Hall–Kier alpha value is -2.55. The second-order valence-electron chi connectivity index (χ2n) is 7.24. The van der Waals surface area contributed by atoms with Gasteiger partial charge in [0.15, 0.2) is 0 Å². The standard InChI is InChI=1S/C21H26F3NO5/c22-21(23,24)16-5-3-4-15(12-16)13-18(26)8-6-17-7-9-19(27)25(17)10-1-2-11-30-14-20(28)29/h3-5,8,12,17,26H,1-2,6-7,9-11,13-14H2,(H,28,29)/b18-8-/t17-/m0/s1. The molecule has 1 fully saturated rings. The van der Waals surface area contributed by atoms with E-state index in [4.69, 9.17) is 9.84 Å². The molecular formula is C21H26F3NO5. The van der Waals surface area contributed by atoms with Crippen LogP contribution in [0.1, 0.15) is 43.2 Å². The minimum Gasteiger partial charge on any atom is -0.512 e. The van der Waals surface area contributed by atoms with E-state index in [0.29, 0.717) is 50.8 Å². The summed E-state index contributed by atoms with van der Waals surface area (Å²) in [7, 11) is 0. The zero-order valence-electron chi connectivity index (χ0n) is 16.5. The molecule has 1 heterocycles. The monoisotopic (exact) mass is 429 g/mol. The lowest BCUT2D eigenvalue weighted by molar-refractivity contribution is -0.142. The van der Waals surface area contributed by atoms with Gasteiger partial charge in [-0.25, -0.2) is 4.79 Å². The first-order chi connectivity index (χ1) is 14.2. The van der Waals surface area contributed by atoms with Crippen LogP contribution in [0.4, 0.5) is 13.2 Å². The molecule has 166 valence electrons. The Kier molecular flexibility index (Phi) is 8.71. The Morgan fingerprint density at radius 1 is 1.27 bits per heavy atom. The molecule has 30 heavy (non-hydrogen) atoms. The van der Waals surface area contributed by atoms with E-state index in [2.05, 4.69) is 0 Å². The minimum absolute atomic E-state index is 0.00843. The number of hydrogen-bond acceptors (Lipinski definition) is 4. The molecule has 0 radical (unpaired) electrons. The van der Waals surface area contributed by atoms with E-state index in [9.17, 15) is 27.9 Å². The summed E-state index contributed by atoms with van der Waals surface area (Å²) in [5.74, 6) is -1.03. The van der Waals surface area contributed by atoms with Gasteiger partial charge in [0.1, 0.15) is 6.61 Å². The van der Waals surface area contributed by atoms with Gasteiger partial charge in [-0.3, -0.25) is 4.79 Å². The van der Waals surface area contributed by atoms with Gasteiger partial charge in [-0.1, -0.05) is 18.2 Å². The van der Waals surface area contributed by atoms with Crippen molar-refractivity contribution in [3.05, 3.63) is 47.2 Å². The molecule has 0 unspecified atom stereocenters. The molecule has 2 rings (SSSR count). The molecule has 0 aromatic heterocycles. The van der Waals surface area contributed by atoms with Crippen molar-refractivity contribution in [2.75, 3.05) is 19.8 Å². The van der Waals surface area contributed by atoms with Crippen LogP contribution >= 0.6 is 0 Å². The average molecular weight is 429 g/mol. The van der Waals surface area contributed by atoms with Gasteiger partial charge in [-0.15, -0.1) is 0 Å². The van der Waals surface area contributed by atoms with Crippen LogP contribution in [0, 0.1) is 0 Å². The lowest BCUT2D eigenvalue weighted by Crippen LogP contribution is -2.33. The number of ether oxygens (including phenoxy) is 1. The van der Waals surface area contributed by atoms with Gasteiger partial charge in [0, 0.05) is 32.0 Å². The lowest BCUT2D eigenvalue weighted by Gasteiger charge is -2.24. The molecule has 1 aromatic carbocycles. The predicted octanol–water partition coefficient (Wildman–Crippen LogP) is 3.95. The quantitative estimate of drug-likeness (QED) is 0.411. The van der Waals surface area contributed by atoms with Crippen LogP contribution < -0.4 is 0 Å². The number of halogens is 3. The van der Waals surface area contributed by atoms with Gasteiger partial charge in [0.2, 0.25) is 5.91 Å². The molecule has 1 atom stereocenters. The fraction of sp³-hybridized carbons (Fsp3) is 0.524. The number of carbonyl (C=O) groups is 2. The number of benzene rings is 1. The summed E-state index contributed by atoms with van der Waals surface area (Å²) < 4.78 is 43.3. The number of allylic oxidation sites excluding steroid dienone is 1. The van der Waals surface area contributed by atoms with Crippen molar-refractivity contribution in [1.82, 2.24) is 4.90 Å². The number of rotatable bonds is 11. The molecule has 1 saturated heterocycles. The number of carbonyl (C=O) groups excluding carboxylic acids is 1. The topological polar surface area (TPSA) is 87.1 Å². The van der Waals surface area contributed by atoms with Crippen molar-refractivity contribution in [3.8, 4) is 0 Å². The second-order valence-corrected chi connectivity index (χ2v) is 7.24. The number of amides is 1. The van der Waals surface area contributed by atoms with Crippen LogP contribution in [-0.4, -0.2) is 52.8 Å². The predicted molar refractivity (Wildman–Crippen MR) is 103 cm³/mol. The fourth-order valence-corrected chi connectivity index (χ4v) is 3.40. The van der Waals surface area contributed by atoms with Crippen molar-refractivity contribution >= 4 is 11.9 Å². The molecule has 1 amide bonds.